The molecule has 9 nitrogen and oxygen atoms in total. The smallest absolute Gasteiger partial charge is 0.328 e. The maximum Gasteiger partial charge on any atom is 0.328 e. The molecule has 0 radical (unpaired) electrons. The molecule has 2 aromatic carbocycles. The minimum Gasteiger partial charge on any atom is -0.497 e. The Morgan fingerprint density at radius 3 is 2.42 bits per heavy atom. The van der Waals surface area contributed by atoms with E-state index < -0.39 is 29.3 Å². The number of imide groups is 2. The van der Waals surface area contributed by atoms with Crippen molar-refractivity contribution in [3.63, 3.8) is 0 Å². The number of piperazine rings is 1. The van der Waals surface area contributed by atoms with E-state index in [-0.39, 0.29) is 6.42 Å². The number of ether oxygens (including phenoxy) is 1. The summed E-state index contributed by atoms with van der Waals surface area (Å²) in [6, 6.07) is 12.0. The van der Waals surface area contributed by atoms with Crippen LogP contribution in [0.1, 0.15) is 5.56 Å². The first-order valence-electron chi connectivity index (χ1n) is 10.1. The van der Waals surface area contributed by atoms with Crippen LogP contribution >= 0.6 is 0 Å². The summed E-state index contributed by atoms with van der Waals surface area (Å²) in [6.45, 7) is 1.78. The van der Waals surface area contributed by atoms with Gasteiger partial charge in [0.15, 0.2) is 5.41 Å². The summed E-state index contributed by atoms with van der Waals surface area (Å²) < 4.78 is 5.24. The van der Waals surface area contributed by atoms with Crippen molar-refractivity contribution in [3.05, 3.63) is 48.0 Å². The quantitative estimate of drug-likeness (QED) is 0.487. The number of nitrogens with zero attached hydrogens (tertiary/aromatic N) is 2. The van der Waals surface area contributed by atoms with Crippen LogP contribution in [0, 0.1) is 5.41 Å². The minimum absolute atomic E-state index is 0.177. The molecule has 4 amide bonds. The van der Waals surface area contributed by atoms with Gasteiger partial charge < -0.3 is 20.3 Å². The fourth-order valence-electron chi connectivity index (χ4n) is 4.99. The first-order valence-corrected chi connectivity index (χ1v) is 10.1. The number of barbiturate groups is 1. The Morgan fingerprint density at radius 2 is 1.74 bits per heavy atom. The van der Waals surface area contributed by atoms with Crippen LogP contribution in [-0.2, 0) is 16.0 Å². The third-order valence-electron chi connectivity index (χ3n) is 6.53. The molecule has 31 heavy (non-hydrogen) atoms. The van der Waals surface area contributed by atoms with E-state index in [4.69, 9.17) is 10.5 Å². The first-order chi connectivity index (χ1) is 14.9. The van der Waals surface area contributed by atoms with Gasteiger partial charge in [-0.1, -0.05) is 0 Å². The van der Waals surface area contributed by atoms with Gasteiger partial charge in [0.05, 0.1) is 13.2 Å². The van der Waals surface area contributed by atoms with Crippen LogP contribution in [-0.4, -0.2) is 50.6 Å². The number of urea groups is 1. The topological polar surface area (TPSA) is 117 Å². The van der Waals surface area contributed by atoms with Crippen LogP contribution < -0.4 is 30.9 Å². The maximum absolute atomic E-state index is 13.2. The number of fused-ring (bicyclic) bond motifs is 4. The molecule has 0 unspecified atom stereocenters. The molecular weight excluding hydrogens is 398 g/mol. The van der Waals surface area contributed by atoms with E-state index in [1.165, 1.54) is 0 Å². The number of amides is 4. The van der Waals surface area contributed by atoms with E-state index in [1.54, 1.807) is 13.2 Å². The van der Waals surface area contributed by atoms with Gasteiger partial charge in [-0.25, -0.2) is 4.79 Å². The molecule has 3 heterocycles. The number of hydrogen-bond donors (Lipinski definition) is 3. The molecule has 2 aromatic rings. The third kappa shape index (κ3) is 2.88. The summed E-state index contributed by atoms with van der Waals surface area (Å²) in [7, 11) is 1.62. The molecule has 1 atom stereocenters. The lowest BCUT2D eigenvalue weighted by Crippen LogP contribution is -2.74. The third-order valence-corrected chi connectivity index (χ3v) is 6.53. The lowest BCUT2D eigenvalue weighted by Gasteiger charge is -2.54. The highest BCUT2D eigenvalue weighted by molar-refractivity contribution is 6.20. The van der Waals surface area contributed by atoms with Gasteiger partial charge in [0.25, 0.3) is 0 Å². The molecule has 2 saturated heterocycles. The predicted molar refractivity (Wildman–Crippen MR) is 115 cm³/mol. The standard InChI is InChI=1S/C22H23N5O4/c1-31-16-5-3-15(4-6-16)26-8-9-27-17-7-2-14(23)10-13(17)11-22(18(27)12-26)19(28)24-21(30)25-20(22)29/h2-7,10,18H,8-9,11-12,23H2,1H3,(H2,24,25,28,29,30)/t18-/m0/s1. The lowest BCUT2D eigenvalue weighted by atomic mass is 9.68. The van der Waals surface area contributed by atoms with Crippen molar-refractivity contribution >= 4 is 34.9 Å². The van der Waals surface area contributed by atoms with Crippen molar-refractivity contribution in [1.82, 2.24) is 10.6 Å². The van der Waals surface area contributed by atoms with Gasteiger partial charge in [0, 0.05) is 36.7 Å². The highest BCUT2D eigenvalue weighted by atomic mass is 16.5. The Labute approximate surface area is 179 Å². The average molecular weight is 421 g/mol. The molecule has 0 aliphatic carbocycles. The van der Waals surface area contributed by atoms with Gasteiger partial charge in [0.2, 0.25) is 11.8 Å². The molecule has 3 aliphatic rings. The van der Waals surface area contributed by atoms with Gasteiger partial charge in [0.1, 0.15) is 5.75 Å². The van der Waals surface area contributed by atoms with E-state index in [2.05, 4.69) is 20.4 Å². The fraction of sp³-hybridized carbons (Fsp3) is 0.318. The Morgan fingerprint density at radius 1 is 1.03 bits per heavy atom. The molecule has 0 aromatic heterocycles. The summed E-state index contributed by atoms with van der Waals surface area (Å²) in [5, 5.41) is 4.63. The van der Waals surface area contributed by atoms with E-state index in [9.17, 15) is 14.4 Å². The Bertz CT molecular complexity index is 1060. The van der Waals surface area contributed by atoms with Gasteiger partial charge >= 0.3 is 6.03 Å². The molecule has 3 aliphatic heterocycles. The number of rotatable bonds is 2. The van der Waals surface area contributed by atoms with E-state index in [1.807, 2.05) is 36.4 Å². The Kier molecular flexibility index (Phi) is 4.28. The van der Waals surface area contributed by atoms with E-state index in [0.717, 1.165) is 22.7 Å². The molecular formula is C22H23N5O4. The van der Waals surface area contributed by atoms with Crippen molar-refractivity contribution in [1.29, 1.82) is 0 Å². The number of benzene rings is 2. The summed E-state index contributed by atoms with van der Waals surface area (Å²) in [5.74, 6) is -0.380. The monoisotopic (exact) mass is 421 g/mol. The van der Waals surface area contributed by atoms with Crippen molar-refractivity contribution in [2.75, 3.05) is 42.3 Å². The van der Waals surface area contributed by atoms with Crippen LogP contribution in [0.15, 0.2) is 42.5 Å². The van der Waals surface area contributed by atoms with Crippen molar-refractivity contribution in [3.8, 4) is 5.75 Å². The number of carbonyl (C=O) groups excluding carboxylic acids is 3. The van der Waals surface area contributed by atoms with Crippen LogP contribution in [0.4, 0.5) is 21.9 Å². The second-order valence-corrected chi connectivity index (χ2v) is 8.13. The predicted octanol–water partition coefficient (Wildman–Crippen LogP) is 0.881. The van der Waals surface area contributed by atoms with Crippen molar-refractivity contribution in [2.24, 2.45) is 5.41 Å². The van der Waals surface area contributed by atoms with Crippen molar-refractivity contribution < 1.29 is 19.1 Å². The fourth-order valence-corrected chi connectivity index (χ4v) is 4.99. The molecule has 5 rings (SSSR count). The van der Waals surface area contributed by atoms with Crippen LogP contribution in [0.25, 0.3) is 0 Å². The summed E-state index contributed by atoms with van der Waals surface area (Å²) >= 11 is 0. The number of nitrogen functional groups attached to an aromatic ring is 1. The lowest BCUT2D eigenvalue weighted by molar-refractivity contribution is -0.146. The number of nitrogens with two attached hydrogens (primary N) is 1. The number of carbonyl (C=O) groups is 3. The van der Waals surface area contributed by atoms with Gasteiger partial charge in [-0.3, -0.25) is 20.2 Å². The molecule has 160 valence electrons. The number of hydrogen-bond acceptors (Lipinski definition) is 7. The number of nitrogens with one attached hydrogen (secondary N) is 2. The van der Waals surface area contributed by atoms with Gasteiger partial charge in [-0.15, -0.1) is 0 Å². The zero-order chi connectivity index (χ0) is 21.8. The highest BCUT2D eigenvalue weighted by Crippen LogP contribution is 2.45. The minimum atomic E-state index is -1.43. The summed E-state index contributed by atoms with van der Waals surface area (Å²) in [5.41, 5.74) is 7.90. The average Bonchev–Trinajstić information content (AvgIpc) is 2.76. The number of methoxy groups -OCH3 is 1. The van der Waals surface area contributed by atoms with Gasteiger partial charge in [-0.05, 0) is 54.4 Å². The molecule has 2 fully saturated rings. The largest absolute Gasteiger partial charge is 0.497 e. The van der Waals surface area contributed by atoms with Crippen molar-refractivity contribution in [2.45, 2.75) is 12.5 Å². The second-order valence-electron chi connectivity index (χ2n) is 8.13. The normalized spacial score (nSPS) is 21.8. The van der Waals surface area contributed by atoms with Crippen LogP contribution in [0.5, 0.6) is 5.75 Å². The van der Waals surface area contributed by atoms with E-state index in [0.29, 0.717) is 25.3 Å². The second kappa shape index (κ2) is 6.90. The first kappa shape index (κ1) is 19.2. The molecule has 1 spiro atoms. The molecule has 0 saturated carbocycles. The zero-order valence-corrected chi connectivity index (χ0v) is 17.1. The maximum atomic E-state index is 13.2. The Hall–Kier alpha value is -3.75. The zero-order valence-electron chi connectivity index (χ0n) is 17.1. The molecule has 4 N–H and O–H groups in total. The summed E-state index contributed by atoms with van der Waals surface area (Å²) in [4.78, 5) is 42.4. The van der Waals surface area contributed by atoms with Gasteiger partial charge in [-0.2, -0.15) is 0 Å². The van der Waals surface area contributed by atoms with Crippen LogP contribution in [0.2, 0.25) is 0 Å². The Balaban J connectivity index is 1.58. The molecule has 9 heteroatoms. The molecule has 0 bridgehead atoms. The van der Waals surface area contributed by atoms with E-state index >= 15 is 0 Å². The SMILES string of the molecule is COc1ccc(N2CCN3c4ccc(N)cc4CC4(C(=O)NC(=O)NC4=O)[C@@H]3C2)cc1. The number of anilines is 3. The summed E-state index contributed by atoms with van der Waals surface area (Å²) in [6.07, 6.45) is 0.177. The van der Waals surface area contributed by atoms with Crippen LogP contribution in [0.3, 0.4) is 0 Å². The highest BCUT2D eigenvalue weighted by Gasteiger charge is 2.60.